The normalized spacial score (nSPS) is 10.8. The largest absolute Gasteiger partial charge is 0.380 e. The van der Waals surface area contributed by atoms with Crippen LogP contribution >= 0.6 is 11.6 Å². The van der Waals surface area contributed by atoms with Crippen molar-refractivity contribution in [3.8, 4) is 0 Å². The van der Waals surface area contributed by atoms with Gasteiger partial charge in [0.2, 0.25) is 0 Å². The SMILES string of the molecule is Cc1ccc(Cl)c(NCc2ccc(CC(C)C)cc2)c1. The zero-order chi connectivity index (χ0) is 14.5. The Balaban J connectivity index is 1.98. The summed E-state index contributed by atoms with van der Waals surface area (Å²) in [6, 6.07) is 14.8. The van der Waals surface area contributed by atoms with Crippen LogP contribution in [0.15, 0.2) is 42.5 Å². The van der Waals surface area contributed by atoms with Crippen LogP contribution in [0.25, 0.3) is 0 Å². The van der Waals surface area contributed by atoms with Gasteiger partial charge in [0, 0.05) is 6.54 Å². The first kappa shape index (κ1) is 14.9. The molecule has 20 heavy (non-hydrogen) atoms. The van der Waals surface area contributed by atoms with Gasteiger partial charge in [0.15, 0.2) is 0 Å². The molecule has 0 saturated carbocycles. The summed E-state index contributed by atoms with van der Waals surface area (Å²) < 4.78 is 0. The molecule has 106 valence electrons. The first-order chi connectivity index (χ1) is 9.54. The van der Waals surface area contributed by atoms with Gasteiger partial charge in [0.05, 0.1) is 10.7 Å². The molecule has 1 nitrogen and oxygen atoms in total. The lowest BCUT2D eigenvalue weighted by Crippen LogP contribution is -2.01. The number of nitrogens with one attached hydrogen (secondary N) is 1. The summed E-state index contributed by atoms with van der Waals surface area (Å²) in [7, 11) is 0. The molecule has 0 bridgehead atoms. The highest BCUT2D eigenvalue weighted by Crippen LogP contribution is 2.23. The van der Waals surface area contributed by atoms with Crippen LogP contribution in [-0.2, 0) is 13.0 Å². The van der Waals surface area contributed by atoms with Crippen LogP contribution in [0.5, 0.6) is 0 Å². The first-order valence-corrected chi connectivity index (χ1v) is 7.50. The van der Waals surface area contributed by atoms with E-state index in [-0.39, 0.29) is 0 Å². The minimum atomic E-state index is 0.699. The topological polar surface area (TPSA) is 12.0 Å². The van der Waals surface area contributed by atoms with Gasteiger partial charge in [-0.3, -0.25) is 0 Å². The Kier molecular flexibility index (Phi) is 5.08. The van der Waals surface area contributed by atoms with E-state index in [4.69, 9.17) is 11.6 Å². The third-order valence-electron chi connectivity index (χ3n) is 3.27. The van der Waals surface area contributed by atoms with E-state index < -0.39 is 0 Å². The standard InChI is InChI=1S/C18H22ClN/c1-13(2)10-15-5-7-16(8-6-15)12-20-18-11-14(3)4-9-17(18)19/h4-9,11,13,20H,10,12H2,1-3H3. The first-order valence-electron chi connectivity index (χ1n) is 7.12. The van der Waals surface area contributed by atoms with Crippen molar-refractivity contribution in [1.29, 1.82) is 0 Å². The smallest absolute Gasteiger partial charge is 0.0637 e. The number of benzene rings is 2. The predicted octanol–water partition coefficient (Wildman–Crippen LogP) is 5.46. The van der Waals surface area contributed by atoms with Gasteiger partial charge in [0.25, 0.3) is 0 Å². The van der Waals surface area contributed by atoms with Crippen LogP contribution in [0, 0.1) is 12.8 Å². The maximum atomic E-state index is 6.18. The Morgan fingerprint density at radius 2 is 1.65 bits per heavy atom. The molecule has 0 heterocycles. The number of hydrogen-bond donors (Lipinski definition) is 1. The summed E-state index contributed by atoms with van der Waals surface area (Å²) in [6.07, 6.45) is 1.14. The van der Waals surface area contributed by atoms with E-state index in [0.29, 0.717) is 5.92 Å². The molecule has 1 N–H and O–H groups in total. The lowest BCUT2D eigenvalue weighted by Gasteiger charge is -2.10. The lowest BCUT2D eigenvalue weighted by molar-refractivity contribution is 0.647. The van der Waals surface area contributed by atoms with Crippen molar-refractivity contribution in [2.45, 2.75) is 33.7 Å². The van der Waals surface area contributed by atoms with Crippen LogP contribution in [0.2, 0.25) is 5.02 Å². The molecule has 2 heteroatoms. The van der Waals surface area contributed by atoms with Crippen molar-refractivity contribution < 1.29 is 0 Å². The summed E-state index contributed by atoms with van der Waals surface area (Å²) >= 11 is 6.18. The van der Waals surface area contributed by atoms with Gasteiger partial charge in [-0.05, 0) is 48.1 Å². The molecule has 0 saturated heterocycles. The van der Waals surface area contributed by atoms with Crippen LogP contribution in [0.1, 0.15) is 30.5 Å². The molecule has 0 aliphatic heterocycles. The molecule has 0 atom stereocenters. The van der Waals surface area contributed by atoms with Gasteiger partial charge in [-0.25, -0.2) is 0 Å². The summed E-state index contributed by atoms with van der Waals surface area (Å²) in [5.74, 6) is 0.699. The molecular weight excluding hydrogens is 266 g/mol. The van der Waals surface area contributed by atoms with Crippen LogP contribution in [0.3, 0.4) is 0 Å². The quantitative estimate of drug-likeness (QED) is 0.770. The maximum absolute atomic E-state index is 6.18. The fourth-order valence-corrected chi connectivity index (χ4v) is 2.42. The summed E-state index contributed by atoms with van der Waals surface area (Å²) in [5, 5.41) is 4.17. The minimum Gasteiger partial charge on any atom is -0.380 e. The summed E-state index contributed by atoms with van der Waals surface area (Å²) in [5.41, 5.74) is 4.88. The van der Waals surface area contributed by atoms with Gasteiger partial charge >= 0.3 is 0 Å². The number of aryl methyl sites for hydroxylation is 1. The van der Waals surface area contributed by atoms with Gasteiger partial charge < -0.3 is 5.32 Å². The second kappa shape index (κ2) is 6.81. The predicted molar refractivity (Wildman–Crippen MR) is 88.5 cm³/mol. The molecule has 0 aliphatic rings. The lowest BCUT2D eigenvalue weighted by atomic mass is 10.0. The molecule has 2 rings (SSSR count). The van der Waals surface area contributed by atoms with Crippen molar-refractivity contribution in [2.75, 3.05) is 5.32 Å². The van der Waals surface area contributed by atoms with Gasteiger partial charge in [-0.15, -0.1) is 0 Å². The highest BCUT2D eigenvalue weighted by molar-refractivity contribution is 6.33. The summed E-state index contributed by atoms with van der Waals surface area (Å²) in [4.78, 5) is 0. The molecular formula is C18H22ClN. The zero-order valence-corrected chi connectivity index (χ0v) is 13.2. The summed E-state index contributed by atoms with van der Waals surface area (Å²) in [6.45, 7) is 7.36. The van der Waals surface area contributed by atoms with E-state index in [1.54, 1.807) is 0 Å². The van der Waals surface area contributed by atoms with Crippen LogP contribution < -0.4 is 5.32 Å². The van der Waals surface area contributed by atoms with E-state index >= 15 is 0 Å². The Bertz CT molecular complexity index is 558. The third-order valence-corrected chi connectivity index (χ3v) is 3.60. The average Bonchev–Trinajstić information content (AvgIpc) is 2.41. The highest BCUT2D eigenvalue weighted by atomic mass is 35.5. The second-order valence-corrected chi connectivity index (χ2v) is 6.16. The van der Waals surface area contributed by atoms with Crippen LogP contribution in [0.4, 0.5) is 5.69 Å². The van der Waals surface area contributed by atoms with Crippen molar-refractivity contribution >= 4 is 17.3 Å². The van der Waals surface area contributed by atoms with Gasteiger partial charge in [0.1, 0.15) is 0 Å². The molecule has 0 aromatic heterocycles. The minimum absolute atomic E-state index is 0.699. The van der Waals surface area contributed by atoms with Gasteiger partial charge in [-0.1, -0.05) is 55.8 Å². The number of halogens is 1. The Labute approximate surface area is 127 Å². The Hall–Kier alpha value is -1.47. The highest BCUT2D eigenvalue weighted by Gasteiger charge is 2.01. The maximum Gasteiger partial charge on any atom is 0.0637 e. The van der Waals surface area contributed by atoms with E-state index in [9.17, 15) is 0 Å². The van der Waals surface area contributed by atoms with E-state index in [1.165, 1.54) is 16.7 Å². The molecule has 2 aromatic carbocycles. The molecule has 0 radical (unpaired) electrons. The fraction of sp³-hybridized carbons (Fsp3) is 0.333. The van der Waals surface area contributed by atoms with Crippen LogP contribution in [-0.4, -0.2) is 0 Å². The monoisotopic (exact) mass is 287 g/mol. The van der Waals surface area contributed by atoms with Gasteiger partial charge in [-0.2, -0.15) is 0 Å². The molecule has 0 unspecified atom stereocenters. The van der Waals surface area contributed by atoms with Crippen molar-refractivity contribution in [3.05, 3.63) is 64.2 Å². The van der Waals surface area contributed by atoms with E-state index in [2.05, 4.69) is 56.4 Å². The molecule has 0 spiro atoms. The number of anilines is 1. The van der Waals surface area contributed by atoms with E-state index in [1.807, 2.05) is 12.1 Å². The third kappa shape index (κ3) is 4.28. The van der Waals surface area contributed by atoms with E-state index in [0.717, 1.165) is 23.7 Å². The van der Waals surface area contributed by atoms with Crippen molar-refractivity contribution in [3.63, 3.8) is 0 Å². The average molecular weight is 288 g/mol. The molecule has 2 aromatic rings. The Morgan fingerprint density at radius 1 is 1.00 bits per heavy atom. The molecule has 0 aliphatic carbocycles. The number of hydrogen-bond acceptors (Lipinski definition) is 1. The zero-order valence-electron chi connectivity index (χ0n) is 12.4. The second-order valence-electron chi connectivity index (χ2n) is 5.75. The molecule has 0 amide bonds. The Morgan fingerprint density at radius 3 is 2.30 bits per heavy atom. The fourth-order valence-electron chi connectivity index (χ4n) is 2.24. The molecule has 0 fully saturated rings. The van der Waals surface area contributed by atoms with Crippen molar-refractivity contribution in [1.82, 2.24) is 0 Å². The van der Waals surface area contributed by atoms with Crippen molar-refractivity contribution in [2.24, 2.45) is 5.92 Å². The number of rotatable bonds is 5.